The fourth-order valence-corrected chi connectivity index (χ4v) is 2.43. The lowest BCUT2D eigenvalue weighted by molar-refractivity contribution is 0.629. The third kappa shape index (κ3) is 1.53. The Bertz CT molecular complexity index is 566. The third-order valence-corrected chi connectivity index (χ3v) is 3.01. The summed E-state index contributed by atoms with van der Waals surface area (Å²) in [4.78, 5) is 3.11. The molecule has 0 fully saturated rings. The lowest BCUT2D eigenvalue weighted by Gasteiger charge is -1.96. The van der Waals surface area contributed by atoms with Crippen molar-refractivity contribution >= 4 is 26.8 Å². The van der Waals surface area contributed by atoms with E-state index in [1.165, 1.54) is 12.1 Å². The van der Waals surface area contributed by atoms with Crippen molar-refractivity contribution in [3.8, 4) is 6.07 Å². The van der Waals surface area contributed by atoms with E-state index < -0.39 is 0 Å². The van der Waals surface area contributed by atoms with Crippen LogP contribution < -0.4 is 0 Å². The largest absolute Gasteiger partial charge is 0.357 e. The van der Waals surface area contributed by atoms with Gasteiger partial charge >= 0.3 is 0 Å². The van der Waals surface area contributed by atoms with Crippen molar-refractivity contribution in [3.05, 3.63) is 34.8 Å². The van der Waals surface area contributed by atoms with Gasteiger partial charge in [-0.1, -0.05) is 15.9 Å². The first-order valence-electron chi connectivity index (χ1n) is 4.44. The summed E-state index contributed by atoms with van der Waals surface area (Å²) in [7, 11) is 0. The number of aryl methyl sites for hydroxylation is 1. The second kappa shape index (κ2) is 3.67. The van der Waals surface area contributed by atoms with Crippen molar-refractivity contribution in [1.82, 2.24) is 4.98 Å². The summed E-state index contributed by atoms with van der Waals surface area (Å²) in [6, 6.07) is 4.69. The SMILES string of the molecule is Cc1[nH]c2c(C#N)cc(F)cc2c1CBr. The minimum atomic E-state index is -0.375. The van der Waals surface area contributed by atoms with E-state index >= 15 is 0 Å². The Morgan fingerprint density at radius 1 is 1.53 bits per heavy atom. The molecule has 1 aromatic carbocycles. The quantitative estimate of drug-likeness (QED) is 0.790. The average molecular weight is 267 g/mol. The third-order valence-electron chi connectivity index (χ3n) is 2.45. The number of halogens is 2. The summed E-state index contributed by atoms with van der Waals surface area (Å²) >= 11 is 3.35. The van der Waals surface area contributed by atoms with Crippen molar-refractivity contribution in [3.63, 3.8) is 0 Å². The van der Waals surface area contributed by atoms with Gasteiger partial charge in [-0.2, -0.15) is 5.26 Å². The number of nitrogens with one attached hydrogen (secondary N) is 1. The van der Waals surface area contributed by atoms with Crippen LogP contribution in [-0.4, -0.2) is 4.98 Å². The lowest BCUT2D eigenvalue weighted by atomic mass is 10.1. The van der Waals surface area contributed by atoms with Crippen molar-refractivity contribution in [2.75, 3.05) is 0 Å². The molecule has 0 saturated heterocycles. The maximum Gasteiger partial charge on any atom is 0.125 e. The van der Waals surface area contributed by atoms with E-state index in [1.54, 1.807) is 0 Å². The van der Waals surface area contributed by atoms with Gasteiger partial charge in [0.25, 0.3) is 0 Å². The number of nitrogens with zero attached hydrogens (tertiary/aromatic N) is 1. The smallest absolute Gasteiger partial charge is 0.125 e. The molecule has 0 atom stereocenters. The van der Waals surface area contributed by atoms with Crippen molar-refractivity contribution in [2.45, 2.75) is 12.3 Å². The topological polar surface area (TPSA) is 39.6 Å². The van der Waals surface area contributed by atoms with Crippen LogP contribution in [0.5, 0.6) is 0 Å². The monoisotopic (exact) mass is 266 g/mol. The van der Waals surface area contributed by atoms with Gasteiger partial charge in [0.05, 0.1) is 11.1 Å². The molecule has 2 rings (SSSR count). The van der Waals surface area contributed by atoms with Gasteiger partial charge in [-0.3, -0.25) is 0 Å². The van der Waals surface area contributed by atoms with Crippen LogP contribution in [0.3, 0.4) is 0 Å². The molecule has 0 bridgehead atoms. The summed E-state index contributed by atoms with van der Waals surface area (Å²) in [5.74, 6) is -0.375. The summed E-state index contributed by atoms with van der Waals surface area (Å²) in [6.07, 6.45) is 0. The molecule has 15 heavy (non-hydrogen) atoms. The predicted octanol–water partition coefficient (Wildman–Crippen LogP) is 3.38. The van der Waals surface area contributed by atoms with E-state index in [0.717, 1.165) is 16.6 Å². The van der Waals surface area contributed by atoms with E-state index in [-0.39, 0.29) is 5.82 Å². The van der Waals surface area contributed by atoms with Crippen LogP contribution in [0.25, 0.3) is 10.9 Å². The number of alkyl halides is 1. The first-order valence-corrected chi connectivity index (χ1v) is 5.56. The Labute approximate surface area is 94.8 Å². The van der Waals surface area contributed by atoms with E-state index in [4.69, 9.17) is 5.26 Å². The Morgan fingerprint density at radius 3 is 2.87 bits per heavy atom. The molecule has 2 nitrogen and oxygen atoms in total. The molecule has 0 unspecified atom stereocenters. The minimum Gasteiger partial charge on any atom is -0.357 e. The summed E-state index contributed by atoms with van der Waals surface area (Å²) in [5.41, 5.74) is 3.02. The number of hydrogen-bond acceptors (Lipinski definition) is 1. The molecule has 0 aliphatic carbocycles. The molecule has 1 heterocycles. The molecule has 0 amide bonds. The van der Waals surface area contributed by atoms with Gasteiger partial charge in [-0.15, -0.1) is 0 Å². The van der Waals surface area contributed by atoms with Crippen LogP contribution >= 0.6 is 15.9 Å². The van der Waals surface area contributed by atoms with Gasteiger partial charge in [-0.05, 0) is 24.6 Å². The van der Waals surface area contributed by atoms with Crippen LogP contribution in [0.1, 0.15) is 16.8 Å². The average Bonchev–Trinajstić information content (AvgIpc) is 2.52. The number of hydrogen-bond donors (Lipinski definition) is 1. The van der Waals surface area contributed by atoms with E-state index in [9.17, 15) is 4.39 Å². The summed E-state index contributed by atoms with van der Waals surface area (Å²) in [6.45, 7) is 1.91. The van der Waals surface area contributed by atoms with Gasteiger partial charge < -0.3 is 4.98 Å². The zero-order valence-electron chi connectivity index (χ0n) is 8.06. The van der Waals surface area contributed by atoms with Gasteiger partial charge in [-0.25, -0.2) is 4.39 Å². The molecule has 0 radical (unpaired) electrons. The van der Waals surface area contributed by atoms with Crippen molar-refractivity contribution in [1.29, 1.82) is 5.26 Å². The Kier molecular flexibility index (Phi) is 2.49. The van der Waals surface area contributed by atoms with Gasteiger partial charge in [0.1, 0.15) is 11.9 Å². The minimum absolute atomic E-state index is 0.348. The molecular weight excluding hydrogens is 259 g/mol. The van der Waals surface area contributed by atoms with E-state index in [0.29, 0.717) is 16.4 Å². The molecule has 1 aromatic heterocycles. The molecule has 76 valence electrons. The Morgan fingerprint density at radius 2 is 2.27 bits per heavy atom. The summed E-state index contributed by atoms with van der Waals surface area (Å²) in [5, 5.41) is 10.3. The second-order valence-electron chi connectivity index (χ2n) is 3.35. The van der Waals surface area contributed by atoms with E-state index in [1.807, 2.05) is 13.0 Å². The first-order chi connectivity index (χ1) is 7.17. The molecular formula is C11H8BrFN2. The maximum absolute atomic E-state index is 13.2. The normalized spacial score (nSPS) is 10.5. The number of rotatable bonds is 1. The van der Waals surface area contributed by atoms with E-state index in [2.05, 4.69) is 20.9 Å². The second-order valence-corrected chi connectivity index (χ2v) is 3.91. The summed E-state index contributed by atoms with van der Waals surface area (Å²) < 4.78 is 13.2. The predicted molar refractivity (Wildman–Crippen MR) is 60.3 cm³/mol. The number of nitriles is 1. The van der Waals surface area contributed by atoms with Crippen LogP contribution in [0.2, 0.25) is 0 Å². The molecule has 1 N–H and O–H groups in total. The number of fused-ring (bicyclic) bond motifs is 1. The zero-order chi connectivity index (χ0) is 11.0. The molecule has 2 aromatic rings. The molecule has 0 aliphatic heterocycles. The number of aromatic amines is 1. The molecule has 4 heteroatoms. The highest BCUT2D eigenvalue weighted by molar-refractivity contribution is 9.08. The van der Waals surface area contributed by atoms with Crippen LogP contribution in [-0.2, 0) is 5.33 Å². The molecule has 0 aliphatic rings. The number of benzene rings is 1. The highest BCUT2D eigenvalue weighted by Crippen LogP contribution is 2.27. The Hall–Kier alpha value is -1.34. The number of H-pyrrole nitrogens is 1. The van der Waals surface area contributed by atoms with Crippen LogP contribution in [0.4, 0.5) is 4.39 Å². The lowest BCUT2D eigenvalue weighted by Crippen LogP contribution is -1.82. The van der Waals surface area contributed by atoms with Gasteiger partial charge in [0, 0.05) is 16.4 Å². The fraction of sp³-hybridized carbons (Fsp3) is 0.182. The van der Waals surface area contributed by atoms with Gasteiger partial charge in [0.15, 0.2) is 0 Å². The van der Waals surface area contributed by atoms with Gasteiger partial charge in [0.2, 0.25) is 0 Å². The standard InChI is InChI=1S/C11H8BrFN2/c1-6-10(4-12)9-3-8(13)2-7(5-14)11(9)15-6/h2-3,15H,4H2,1H3. The Balaban J connectivity index is 2.91. The highest BCUT2D eigenvalue weighted by Gasteiger charge is 2.12. The molecule has 0 spiro atoms. The number of aromatic nitrogens is 1. The van der Waals surface area contributed by atoms with Crippen LogP contribution in [0.15, 0.2) is 12.1 Å². The zero-order valence-corrected chi connectivity index (χ0v) is 9.65. The maximum atomic E-state index is 13.2. The first kappa shape index (κ1) is 10.2. The van der Waals surface area contributed by atoms with Crippen molar-refractivity contribution < 1.29 is 4.39 Å². The highest BCUT2D eigenvalue weighted by atomic mass is 79.9. The van der Waals surface area contributed by atoms with Crippen LogP contribution in [0, 0.1) is 24.1 Å². The van der Waals surface area contributed by atoms with Crippen molar-refractivity contribution in [2.24, 2.45) is 0 Å². The fourth-order valence-electron chi connectivity index (χ4n) is 1.70. The molecule has 0 saturated carbocycles.